The van der Waals surface area contributed by atoms with Crippen LogP contribution in [-0.2, 0) is 9.53 Å². The zero-order valence-corrected chi connectivity index (χ0v) is 18.0. The van der Waals surface area contributed by atoms with Crippen molar-refractivity contribution >= 4 is 12.0 Å². The van der Waals surface area contributed by atoms with Gasteiger partial charge < -0.3 is 24.8 Å². The van der Waals surface area contributed by atoms with E-state index in [0.717, 1.165) is 31.5 Å². The number of rotatable bonds is 7. The summed E-state index contributed by atoms with van der Waals surface area (Å²) in [5.74, 6) is 0.669. The van der Waals surface area contributed by atoms with E-state index in [9.17, 15) is 9.59 Å². The van der Waals surface area contributed by atoms with Gasteiger partial charge in [-0.15, -0.1) is 0 Å². The molecule has 0 aliphatic carbocycles. The lowest BCUT2D eigenvalue weighted by atomic mass is 9.94. The van der Waals surface area contributed by atoms with Crippen molar-refractivity contribution in [3.63, 3.8) is 0 Å². The smallest absolute Gasteiger partial charge is 0.338 e. The van der Waals surface area contributed by atoms with Crippen LogP contribution in [0.4, 0.5) is 4.79 Å². The molecule has 3 rings (SSSR count). The summed E-state index contributed by atoms with van der Waals surface area (Å²) < 4.78 is 16.1. The monoisotopic (exact) mass is 417 g/mol. The molecule has 2 aliphatic rings. The SMILES string of the molecule is CCOC(=O)C1=C(CN2CCCCCC2)NC(=O)NC1c1ccc(OC)c(OC)c1. The van der Waals surface area contributed by atoms with Crippen LogP contribution in [0.2, 0.25) is 0 Å². The van der Waals surface area contributed by atoms with Gasteiger partial charge in [0, 0.05) is 12.2 Å². The second-order valence-corrected chi connectivity index (χ2v) is 7.45. The number of hydrogen-bond donors (Lipinski definition) is 2. The minimum absolute atomic E-state index is 0.256. The number of hydrogen-bond acceptors (Lipinski definition) is 6. The molecule has 1 saturated heterocycles. The number of methoxy groups -OCH3 is 2. The molecular formula is C22H31N3O5. The van der Waals surface area contributed by atoms with Gasteiger partial charge in [0.2, 0.25) is 0 Å². The van der Waals surface area contributed by atoms with Crippen LogP contribution in [-0.4, -0.2) is 57.4 Å². The number of ether oxygens (including phenoxy) is 3. The van der Waals surface area contributed by atoms with Gasteiger partial charge in [0.25, 0.3) is 0 Å². The van der Waals surface area contributed by atoms with E-state index in [1.54, 1.807) is 33.3 Å². The highest BCUT2D eigenvalue weighted by molar-refractivity contribution is 5.95. The predicted molar refractivity (Wildman–Crippen MR) is 113 cm³/mol. The van der Waals surface area contributed by atoms with Crippen molar-refractivity contribution in [2.75, 3.05) is 40.5 Å². The fraction of sp³-hybridized carbons (Fsp3) is 0.545. The lowest BCUT2D eigenvalue weighted by molar-refractivity contribution is -0.139. The number of benzene rings is 1. The summed E-state index contributed by atoms with van der Waals surface area (Å²) in [4.78, 5) is 27.7. The Morgan fingerprint density at radius 2 is 1.80 bits per heavy atom. The van der Waals surface area contributed by atoms with E-state index in [1.807, 2.05) is 6.07 Å². The van der Waals surface area contributed by atoms with Crippen LogP contribution in [0.25, 0.3) is 0 Å². The highest BCUT2D eigenvalue weighted by Crippen LogP contribution is 2.34. The Labute approximate surface area is 177 Å². The summed E-state index contributed by atoms with van der Waals surface area (Å²) in [6.07, 6.45) is 4.66. The average Bonchev–Trinajstić information content (AvgIpc) is 3.01. The fourth-order valence-electron chi connectivity index (χ4n) is 3.99. The molecule has 2 aliphatic heterocycles. The van der Waals surface area contributed by atoms with Gasteiger partial charge in [-0.05, 0) is 50.6 Å². The zero-order valence-electron chi connectivity index (χ0n) is 18.0. The molecule has 1 aromatic carbocycles. The number of esters is 1. The molecule has 1 aromatic rings. The van der Waals surface area contributed by atoms with E-state index in [0.29, 0.717) is 29.3 Å². The molecular weight excluding hydrogens is 386 g/mol. The molecule has 2 N–H and O–H groups in total. The van der Waals surface area contributed by atoms with Gasteiger partial charge in [-0.1, -0.05) is 18.9 Å². The molecule has 30 heavy (non-hydrogen) atoms. The van der Waals surface area contributed by atoms with Crippen molar-refractivity contribution in [1.29, 1.82) is 0 Å². The van der Waals surface area contributed by atoms with Crippen molar-refractivity contribution < 1.29 is 23.8 Å². The highest BCUT2D eigenvalue weighted by Gasteiger charge is 2.34. The van der Waals surface area contributed by atoms with E-state index in [1.165, 1.54) is 12.8 Å². The van der Waals surface area contributed by atoms with Crippen LogP contribution >= 0.6 is 0 Å². The van der Waals surface area contributed by atoms with Crippen LogP contribution in [0, 0.1) is 0 Å². The summed E-state index contributed by atoms with van der Waals surface area (Å²) >= 11 is 0. The Kier molecular flexibility index (Phi) is 7.57. The molecule has 8 nitrogen and oxygen atoms in total. The molecule has 0 bridgehead atoms. The third kappa shape index (κ3) is 5.05. The minimum atomic E-state index is -0.639. The normalized spacial score (nSPS) is 20.1. The summed E-state index contributed by atoms with van der Waals surface area (Å²) in [5, 5.41) is 5.72. The van der Waals surface area contributed by atoms with Crippen molar-refractivity contribution in [2.24, 2.45) is 0 Å². The molecule has 2 heterocycles. The van der Waals surface area contributed by atoms with Crippen molar-refractivity contribution in [3.8, 4) is 11.5 Å². The molecule has 1 atom stereocenters. The highest BCUT2D eigenvalue weighted by atomic mass is 16.5. The van der Waals surface area contributed by atoms with E-state index in [2.05, 4.69) is 15.5 Å². The molecule has 164 valence electrons. The summed E-state index contributed by atoms with van der Waals surface area (Å²) in [7, 11) is 3.11. The van der Waals surface area contributed by atoms with Gasteiger partial charge in [-0.3, -0.25) is 4.90 Å². The first-order chi connectivity index (χ1) is 14.6. The molecule has 0 spiro atoms. The first-order valence-corrected chi connectivity index (χ1v) is 10.5. The minimum Gasteiger partial charge on any atom is -0.493 e. The first-order valence-electron chi connectivity index (χ1n) is 10.5. The second kappa shape index (κ2) is 10.3. The molecule has 0 radical (unpaired) electrons. The van der Waals surface area contributed by atoms with Crippen molar-refractivity contribution in [2.45, 2.75) is 38.6 Å². The Balaban J connectivity index is 2.00. The van der Waals surface area contributed by atoms with Gasteiger partial charge >= 0.3 is 12.0 Å². The number of likely N-dealkylation sites (tertiary alicyclic amines) is 1. The van der Waals surface area contributed by atoms with Crippen LogP contribution in [0.3, 0.4) is 0 Å². The first kappa shape index (κ1) is 22.0. The van der Waals surface area contributed by atoms with E-state index >= 15 is 0 Å². The van der Waals surface area contributed by atoms with E-state index < -0.39 is 12.0 Å². The van der Waals surface area contributed by atoms with Gasteiger partial charge in [0.15, 0.2) is 11.5 Å². The summed E-state index contributed by atoms with van der Waals surface area (Å²) in [5.41, 5.74) is 1.74. The lowest BCUT2D eigenvalue weighted by Crippen LogP contribution is -2.48. The molecule has 0 saturated carbocycles. The van der Waals surface area contributed by atoms with Gasteiger partial charge in [0.1, 0.15) is 0 Å². The fourth-order valence-corrected chi connectivity index (χ4v) is 3.99. The number of nitrogens with one attached hydrogen (secondary N) is 2. The molecule has 1 fully saturated rings. The second-order valence-electron chi connectivity index (χ2n) is 7.45. The molecule has 0 aromatic heterocycles. The van der Waals surface area contributed by atoms with Crippen LogP contribution < -0.4 is 20.1 Å². The van der Waals surface area contributed by atoms with Crippen molar-refractivity contribution in [1.82, 2.24) is 15.5 Å². The summed E-state index contributed by atoms with van der Waals surface area (Å²) in [6, 6.07) is 4.38. The zero-order chi connectivity index (χ0) is 21.5. The van der Waals surface area contributed by atoms with E-state index in [4.69, 9.17) is 14.2 Å². The van der Waals surface area contributed by atoms with Gasteiger partial charge in [-0.25, -0.2) is 9.59 Å². The lowest BCUT2D eigenvalue weighted by Gasteiger charge is -2.32. The van der Waals surface area contributed by atoms with Crippen LogP contribution in [0.5, 0.6) is 11.5 Å². The van der Waals surface area contributed by atoms with Crippen LogP contribution in [0.15, 0.2) is 29.5 Å². The van der Waals surface area contributed by atoms with Crippen LogP contribution in [0.1, 0.15) is 44.2 Å². The number of amides is 2. The molecule has 8 heteroatoms. The maximum Gasteiger partial charge on any atom is 0.338 e. The Morgan fingerprint density at radius 3 is 2.43 bits per heavy atom. The number of urea groups is 1. The quantitative estimate of drug-likeness (QED) is 0.663. The largest absolute Gasteiger partial charge is 0.493 e. The Hall–Kier alpha value is -2.74. The Bertz CT molecular complexity index is 800. The standard InChI is InChI=1S/C22H31N3O5/c1-4-30-21(26)19-16(14-25-11-7-5-6-8-12-25)23-22(27)24-20(19)15-9-10-17(28-2)18(13-15)29-3/h9-10,13,20H,4-8,11-12,14H2,1-3H3,(H2,23,24,27). The van der Waals surface area contributed by atoms with Gasteiger partial charge in [0.05, 0.1) is 32.4 Å². The summed E-state index contributed by atoms with van der Waals surface area (Å²) in [6.45, 7) is 4.43. The number of carbonyl (C=O) groups is 2. The molecule has 1 unspecified atom stereocenters. The van der Waals surface area contributed by atoms with Crippen molar-refractivity contribution in [3.05, 3.63) is 35.0 Å². The van der Waals surface area contributed by atoms with Gasteiger partial charge in [-0.2, -0.15) is 0 Å². The third-order valence-corrected chi connectivity index (χ3v) is 5.47. The molecule has 2 amide bonds. The number of nitrogens with zero attached hydrogens (tertiary/aromatic N) is 1. The maximum absolute atomic E-state index is 12.9. The topological polar surface area (TPSA) is 89.1 Å². The predicted octanol–water partition coefficient (Wildman–Crippen LogP) is 2.75. The third-order valence-electron chi connectivity index (χ3n) is 5.47. The Morgan fingerprint density at radius 1 is 1.10 bits per heavy atom. The maximum atomic E-state index is 12.9. The average molecular weight is 418 g/mol. The number of carbonyl (C=O) groups excluding carboxylic acids is 2. The van der Waals surface area contributed by atoms with E-state index in [-0.39, 0.29) is 12.6 Å².